The standard InChI is InChI=1S/C19H23N3OS/c1-12-7-8-17(13(2)9-12)22-18(15-10-24-11-16(15)21-22)20-19(23)14-5-3-4-6-14/h7-9,14H,3-6,10-11H2,1-2H3,(H,20,23). The summed E-state index contributed by atoms with van der Waals surface area (Å²) in [6.45, 7) is 4.20. The summed E-state index contributed by atoms with van der Waals surface area (Å²) in [6, 6.07) is 6.37. The molecule has 1 aromatic carbocycles. The summed E-state index contributed by atoms with van der Waals surface area (Å²) >= 11 is 1.87. The van der Waals surface area contributed by atoms with Crippen LogP contribution in [0, 0.1) is 19.8 Å². The maximum atomic E-state index is 12.7. The van der Waals surface area contributed by atoms with Crippen LogP contribution in [0.15, 0.2) is 18.2 Å². The number of hydrogen-bond acceptors (Lipinski definition) is 3. The van der Waals surface area contributed by atoms with Gasteiger partial charge in [0, 0.05) is 23.0 Å². The van der Waals surface area contributed by atoms with E-state index in [0.29, 0.717) is 0 Å². The van der Waals surface area contributed by atoms with Crippen LogP contribution in [0.25, 0.3) is 5.69 Å². The third-order valence-corrected chi connectivity index (χ3v) is 6.07. The Balaban J connectivity index is 1.73. The van der Waals surface area contributed by atoms with Gasteiger partial charge in [-0.3, -0.25) is 4.79 Å². The lowest BCUT2D eigenvalue weighted by Gasteiger charge is -2.15. The van der Waals surface area contributed by atoms with Crippen LogP contribution in [0.2, 0.25) is 0 Å². The Labute approximate surface area is 147 Å². The fraction of sp³-hybridized carbons (Fsp3) is 0.474. The largest absolute Gasteiger partial charge is 0.310 e. The molecule has 0 radical (unpaired) electrons. The first kappa shape index (κ1) is 15.8. The van der Waals surface area contributed by atoms with Crippen molar-refractivity contribution in [3.63, 3.8) is 0 Å². The number of nitrogens with one attached hydrogen (secondary N) is 1. The number of fused-ring (bicyclic) bond motifs is 1. The first-order valence-corrected chi connectivity index (χ1v) is 9.86. The van der Waals surface area contributed by atoms with Gasteiger partial charge in [0.2, 0.25) is 5.91 Å². The lowest BCUT2D eigenvalue weighted by molar-refractivity contribution is -0.119. The van der Waals surface area contributed by atoms with Crippen molar-refractivity contribution in [1.29, 1.82) is 0 Å². The van der Waals surface area contributed by atoms with Crippen LogP contribution in [-0.4, -0.2) is 15.7 Å². The van der Waals surface area contributed by atoms with E-state index in [2.05, 4.69) is 37.4 Å². The number of hydrogen-bond donors (Lipinski definition) is 1. The van der Waals surface area contributed by atoms with E-state index in [-0.39, 0.29) is 11.8 Å². The number of carbonyl (C=O) groups excluding carboxylic acids is 1. The molecular formula is C19H23N3OS. The number of rotatable bonds is 3. The van der Waals surface area contributed by atoms with Crippen molar-refractivity contribution in [2.75, 3.05) is 5.32 Å². The van der Waals surface area contributed by atoms with E-state index >= 15 is 0 Å². The van der Waals surface area contributed by atoms with Crippen LogP contribution in [0.5, 0.6) is 0 Å². The lowest BCUT2D eigenvalue weighted by atomic mass is 10.1. The molecule has 1 amide bonds. The second-order valence-corrected chi connectivity index (χ2v) is 7.92. The zero-order chi connectivity index (χ0) is 16.7. The van der Waals surface area contributed by atoms with Crippen LogP contribution >= 0.6 is 11.8 Å². The molecule has 2 aromatic rings. The third kappa shape index (κ3) is 2.75. The third-order valence-electron chi connectivity index (χ3n) is 5.10. The lowest BCUT2D eigenvalue weighted by Crippen LogP contribution is -2.22. The molecule has 1 aliphatic carbocycles. The SMILES string of the molecule is Cc1ccc(-n2nc3c(c2NC(=O)C2CCCC2)CSC3)c(C)c1. The predicted octanol–water partition coefficient (Wildman–Crippen LogP) is 4.36. The molecule has 24 heavy (non-hydrogen) atoms. The first-order chi connectivity index (χ1) is 11.6. The van der Waals surface area contributed by atoms with Gasteiger partial charge in [-0.2, -0.15) is 16.9 Å². The van der Waals surface area contributed by atoms with Gasteiger partial charge in [0.05, 0.1) is 11.4 Å². The molecule has 4 rings (SSSR count). The van der Waals surface area contributed by atoms with Gasteiger partial charge in [-0.1, -0.05) is 30.5 Å². The van der Waals surface area contributed by atoms with Crippen molar-refractivity contribution >= 4 is 23.5 Å². The van der Waals surface area contributed by atoms with E-state index < -0.39 is 0 Å². The van der Waals surface area contributed by atoms with E-state index in [4.69, 9.17) is 5.10 Å². The Morgan fingerprint density at radius 3 is 2.79 bits per heavy atom. The second-order valence-electron chi connectivity index (χ2n) is 6.94. The minimum atomic E-state index is 0.164. The van der Waals surface area contributed by atoms with E-state index in [1.54, 1.807) is 0 Å². The summed E-state index contributed by atoms with van der Waals surface area (Å²) in [5.74, 6) is 3.08. The van der Waals surface area contributed by atoms with Crippen molar-refractivity contribution in [2.45, 2.75) is 51.0 Å². The maximum Gasteiger partial charge on any atom is 0.228 e. The molecule has 0 unspecified atom stereocenters. The maximum absolute atomic E-state index is 12.7. The monoisotopic (exact) mass is 341 g/mol. The number of thioether (sulfide) groups is 1. The van der Waals surface area contributed by atoms with Gasteiger partial charge >= 0.3 is 0 Å². The Morgan fingerprint density at radius 2 is 2.04 bits per heavy atom. The fourth-order valence-electron chi connectivity index (χ4n) is 3.77. The summed E-state index contributed by atoms with van der Waals surface area (Å²) in [6.07, 6.45) is 4.37. The Morgan fingerprint density at radius 1 is 1.25 bits per heavy atom. The molecule has 4 nitrogen and oxygen atoms in total. The molecule has 1 fully saturated rings. The average Bonchev–Trinajstić information content (AvgIpc) is 3.25. The molecule has 5 heteroatoms. The average molecular weight is 341 g/mol. The number of aromatic nitrogens is 2. The number of amides is 1. The molecule has 2 heterocycles. The quantitative estimate of drug-likeness (QED) is 0.902. The van der Waals surface area contributed by atoms with Crippen LogP contribution in [0.1, 0.15) is 48.1 Å². The molecule has 0 atom stereocenters. The van der Waals surface area contributed by atoms with Gasteiger partial charge < -0.3 is 5.32 Å². The Hall–Kier alpha value is -1.75. The Bertz CT molecular complexity index is 790. The van der Waals surface area contributed by atoms with E-state index in [1.165, 1.54) is 29.5 Å². The molecule has 0 spiro atoms. The summed E-state index contributed by atoms with van der Waals surface area (Å²) in [5.41, 5.74) is 5.79. The van der Waals surface area contributed by atoms with E-state index in [1.807, 2.05) is 16.4 Å². The van der Waals surface area contributed by atoms with Crippen LogP contribution in [-0.2, 0) is 16.3 Å². The zero-order valence-electron chi connectivity index (χ0n) is 14.3. The molecule has 126 valence electrons. The summed E-state index contributed by atoms with van der Waals surface area (Å²) < 4.78 is 1.95. The molecular weight excluding hydrogens is 318 g/mol. The summed E-state index contributed by atoms with van der Waals surface area (Å²) in [7, 11) is 0. The number of anilines is 1. The highest BCUT2D eigenvalue weighted by atomic mass is 32.2. The second kappa shape index (κ2) is 6.28. The number of benzene rings is 1. The minimum Gasteiger partial charge on any atom is -0.310 e. The van der Waals surface area contributed by atoms with Crippen LogP contribution < -0.4 is 5.32 Å². The fourth-order valence-corrected chi connectivity index (χ4v) is 4.80. The van der Waals surface area contributed by atoms with Gasteiger partial charge in [-0.05, 0) is 38.3 Å². The molecule has 1 aliphatic heterocycles. The van der Waals surface area contributed by atoms with Gasteiger partial charge in [-0.15, -0.1) is 0 Å². The minimum absolute atomic E-state index is 0.164. The topological polar surface area (TPSA) is 46.9 Å². The molecule has 1 N–H and O–H groups in total. The predicted molar refractivity (Wildman–Crippen MR) is 98.6 cm³/mol. The molecule has 0 saturated heterocycles. The van der Waals surface area contributed by atoms with Gasteiger partial charge in [0.1, 0.15) is 5.82 Å². The first-order valence-electron chi connectivity index (χ1n) is 8.70. The normalized spacial score (nSPS) is 17.2. The molecule has 2 aliphatic rings. The zero-order valence-corrected chi connectivity index (χ0v) is 15.1. The van der Waals surface area contributed by atoms with Crippen molar-refractivity contribution in [3.8, 4) is 5.69 Å². The highest BCUT2D eigenvalue weighted by Gasteiger charge is 2.28. The summed E-state index contributed by atoms with van der Waals surface area (Å²) in [4.78, 5) is 12.7. The van der Waals surface area contributed by atoms with Gasteiger partial charge in [0.15, 0.2) is 0 Å². The van der Waals surface area contributed by atoms with Crippen molar-refractivity contribution in [2.24, 2.45) is 5.92 Å². The molecule has 1 aromatic heterocycles. The van der Waals surface area contributed by atoms with Crippen molar-refractivity contribution in [1.82, 2.24) is 9.78 Å². The van der Waals surface area contributed by atoms with E-state index in [9.17, 15) is 4.79 Å². The smallest absolute Gasteiger partial charge is 0.228 e. The number of aryl methyl sites for hydroxylation is 2. The van der Waals surface area contributed by atoms with Crippen molar-refractivity contribution in [3.05, 3.63) is 40.6 Å². The van der Waals surface area contributed by atoms with E-state index in [0.717, 1.165) is 41.5 Å². The van der Waals surface area contributed by atoms with Crippen LogP contribution in [0.3, 0.4) is 0 Å². The van der Waals surface area contributed by atoms with Crippen molar-refractivity contribution < 1.29 is 4.79 Å². The highest BCUT2D eigenvalue weighted by molar-refractivity contribution is 7.98. The Kier molecular flexibility index (Phi) is 4.12. The molecule has 0 bridgehead atoms. The number of nitrogens with zero attached hydrogens (tertiary/aromatic N) is 2. The number of carbonyl (C=O) groups is 1. The van der Waals surface area contributed by atoms with Crippen LogP contribution in [0.4, 0.5) is 5.82 Å². The van der Waals surface area contributed by atoms with Gasteiger partial charge in [-0.25, -0.2) is 4.68 Å². The molecule has 1 saturated carbocycles. The highest BCUT2D eigenvalue weighted by Crippen LogP contribution is 2.37. The van der Waals surface area contributed by atoms with Gasteiger partial charge in [0.25, 0.3) is 0 Å². The summed E-state index contributed by atoms with van der Waals surface area (Å²) in [5, 5.41) is 8.03.